The van der Waals surface area contributed by atoms with Gasteiger partial charge >= 0.3 is 0 Å². The Hall–Kier alpha value is -0.930. The van der Waals surface area contributed by atoms with Gasteiger partial charge in [-0.15, -0.1) is 24.0 Å². The standard InChI is InChI=1S/C20H31ClN4O2.HI/c1-3-7-25-8-5-16(6-9-25)24-20(22-2)23-14-15-12-17(21)19-18(13-15)26-10-4-11-27-19;/h12-13,16H,3-11,14H2,1-2H3,(H2,22,23,24);1H. The summed E-state index contributed by atoms with van der Waals surface area (Å²) in [4.78, 5) is 6.91. The van der Waals surface area contributed by atoms with Crippen molar-refractivity contribution in [3.05, 3.63) is 22.7 Å². The van der Waals surface area contributed by atoms with Gasteiger partial charge in [-0.3, -0.25) is 4.99 Å². The van der Waals surface area contributed by atoms with Crippen molar-refractivity contribution in [2.45, 2.75) is 45.2 Å². The lowest BCUT2D eigenvalue weighted by Gasteiger charge is -2.32. The number of benzene rings is 1. The monoisotopic (exact) mass is 522 g/mol. The number of piperidine rings is 1. The summed E-state index contributed by atoms with van der Waals surface area (Å²) in [6.45, 7) is 7.66. The molecule has 3 rings (SSSR count). The molecule has 1 aromatic carbocycles. The molecule has 0 spiro atoms. The van der Waals surface area contributed by atoms with Crippen LogP contribution >= 0.6 is 35.6 Å². The van der Waals surface area contributed by atoms with Crippen molar-refractivity contribution in [1.29, 1.82) is 0 Å². The maximum atomic E-state index is 6.38. The molecule has 158 valence electrons. The van der Waals surface area contributed by atoms with Gasteiger partial charge in [0.2, 0.25) is 0 Å². The van der Waals surface area contributed by atoms with Crippen LogP contribution in [0.5, 0.6) is 11.5 Å². The summed E-state index contributed by atoms with van der Waals surface area (Å²) in [5, 5.41) is 7.53. The molecule has 0 amide bonds. The van der Waals surface area contributed by atoms with Crippen LogP contribution in [0.25, 0.3) is 0 Å². The molecule has 0 saturated carbocycles. The van der Waals surface area contributed by atoms with E-state index in [1.807, 2.05) is 19.2 Å². The third kappa shape index (κ3) is 6.56. The van der Waals surface area contributed by atoms with Gasteiger partial charge < -0.3 is 25.0 Å². The maximum absolute atomic E-state index is 6.38. The lowest BCUT2D eigenvalue weighted by molar-refractivity contribution is 0.206. The lowest BCUT2D eigenvalue weighted by atomic mass is 10.1. The van der Waals surface area contributed by atoms with Crippen molar-refractivity contribution in [2.24, 2.45) is 4.99 Å². The summed E-state index contributed by atoms with van der Waals surface area (Å²) in [5.41, 5.74) is 1.05. The Morgan fingerprint density at radius 2 is 2.00 bits per heavy atom. The number of nitrogens with zero attached hydrogens (tertiary/aromatic N) is 2. The molecule has 0 radical (unpaired) electrons. The molecule has 28 heavy (non-hydrogen) atoms. The summed E-state index contributed by atoms with van der Waals surface area (Å²) < 4.78 is 11.5. The number of hydrogen-bond acceptors (Lipinski definition) is 4. The molecule has 0 aliphatic carbocycles. The summed E-state index contributed by atoms with van der Waals surface area (Å²) in [6, 6.07) is 4.39. The van der Waals surface area contributed by atoms with E-state index in [1.54, 1.807) is 0 Å². The summed E-state index contributed by atoms with van der Waals surface area (Å²) in [5.74, 6) is 2.20. The SMILES string of the molecule is CCCN1CCC(NC(=NC)NCc2cc(Cl)c3c(c2)OCCCO3)CC1.I. The van der Waals surface area contributed by atoms with E-state index in [0.29, 0.717) is 36.6 Å². The fraction of sp³-hybridized carbons (Fsp3) is 0.650. The van der Waals surface area contributed by atoms with Gasteiger partial charge in [0.25, 0.3) is 0 Å². The van der Waals surface area contributed by atoms with Crippen LogP contribution in [0.4, 0.5) is 0 Å². The van der Waals surface area contributed by atoms with Crippen molar-refractivity contribution in [2.75, 3.05) is 39.9 Å². The average molecular weight is 523 g/mol. The van der Waals surface area contributed by atoms with Crippen molar-refractivity contribution in [3.8, 4) is 11.5 Å². The highest BCUT2D eigenvalue weighted by molar-refractivity contribution is 14.0. The van der Waals surface area contributed by atoms with Crippen LogP contribution in [0.2, 0.25) is 5.02 Å². The molecule has 6 nitrogen and oxygen atoms in total. The second kappa shape index (κ2) is 11.9. The number of rotatable bonds is 5. The largest absolute Gasteiger partial charge is 0.489 e. The average Bonchev–Trinajstić information content (AvgIpc) is 2.92. The van der Waals surface area contributed by atoms with E-state index in [-0.39, 0.29) is 24.0 Å². The van der Waals surface area contributed by atoms with Crippen LogP contribution in [-0.2, 0) is 6.54 Å². The smallest absolute Gasteiger partial charge is 0.191 e. The molecule has 8 heteroatoms. The number of likely N-dealkylation sites (tertiary alicyclic amines) is 1. The Morgan fingerprint density at radius 1 is 1.25 bits per heavy atom. The van der Waals surface area contributed by atoms with E-state index < -0.39 is 0 Å². The van der Waals surface area contributed by atoms with Crippen molar-refractivity contribution in [1.82, 2.24) is 15.5 Å². The van der Waals surface area contributed by atoms with Crippen molar-refractivity contribution < 1.29 is 9.47 Å². The molecule has 1 aromatic rings. The minimum absolute atomic E-state index is 0. The van der Waals surface area contributed by atoms with Gasteiger partial charge in [0.05, 0.1) is 18.2 Å². The van der Waals surface area contributed by atoms with Crippen LogP contribution in [0.1, 0.15) is 38.2 Å². The van der Waals surface area contributed by atoms with E-state index in [9.17, 15) is 0 Å². The molecule has 2 aliphatic heterocycles. The highest BCUT2D eigenvalue weighted by atomic mass is 127. The molecule has 1 fully saturated rings. The Morgan fingerprint density at radius 3 is 2.71 bits per heavy atom. The topological polar surface area (TPSA) is 58.1 Å². The highest BCUT2D eigenvalue weighted by Gasteiger charge is 2.20. The first-order chi connectivity index (χ1) is 13.2. The van der Waals surface area contributed by atoms with E-state index in [2.05, 4.69) is 27.4 Å². The molecule has 2 aliphatic rings. The van der Waals surface area contributed by atoms with E-state index in [0.717, 1.165) is 49.6 Å². The zero-order chi connectivity index (χ0) is 19.1. The number of aliphatic imine (C=N–C) groups is 1. The number of guanidine groups is 1. The van der Waals surface area contributed by atoms with Crippen LogP contribution in [0, 0.1) is 0 Å². The van der Waals surface area contributed by atoms with Crippen LogP contribution in [0.15, 0.2) is 17.1 Å². The summed E-state index contributed by atoms with van der Waals surface area (Å²) >= 11 is 6.38. The molecule has 2 N–H and O–H groups in total. The fourth-order valence-corrected chi connectivity index (χ4v) is 3.86. The van der Waals surface area contributed by atoms with Crippen molar-refractivity contribution in [3.63, 3.8) is 0 Å². The van der Waals surface area contributed by atoms with Crippen LogP contribution in [-0.4, -0.2) is 56.8 Å². The Kier molecular flexibility index (Phi) is 9.94. The van der Waals surface area contributed by atoms with Gasteiger partial charge in [0.15, 0.2) is 17.5 Å². The fourth-order valence-electron chi connectivity index (χ4n) is 3.58. The molecule has 0 aromatic heterocycles. The van der Waals surface area contributed by atoms with Crippen molar-refractivity contribution >= 4 is 41.5 Å². The van der Waals surface area contributed by atoms with Gasteiger partial charge in [-0.1, -0.05) is 18.5 Å². The van der Waals surface area contributed by atoms with E-state index in [4.69, 9.17) is 21.1 Å². The molecule has 1 saturated heterocycles. The Bertz CT molecular complexity index is 651. The third-order valence-electron chi connectivity index (χ3n) is 5.01. The minimum Gasteiger partial charge on any atom is -0.489 e. The lowest BCUT2D eigenvalue weighted by Crippen LogP contribution is -2.48. The second-order valence-electron chi connectivity index (χ2n) is 7.14. The van der Waals surface area contributed by atoms with E-state index in [1.165, 1.54) is 13.0 Å². The molecule has 0 atom stereocenters. The van der Waals surface area contributed by atoms with Gasteiger partial charge in [0.1, 0.15) is 0 Å². The van der Waals surface area contributed by atoms with Gasteiger partial charge in [-0.05, 0) is 43.5 Å². The normalized spacial score (nSPS) is 18.2. The number of hydrogen-bond donors (Lipinski definition) is 2. The first-order valence-electron chi connectivity index (χ1n) is 9.97. The van der Waals surface area contributed by atoms with Crippen LogP contribution in [0.3, 0.4) is 0 Å². The zero-order valence-corrected chi connectivity index (χ0v) is 19.9. The first kappa shape index (κ1) is 23.3. The number of fused-ring (bicyclic) bond motifs is 1. The molecular formula is C20H32ClIN4O2. The summed E-state index contributed by atoms with van der Waals surface area (Å²) in [6.07, 6.45) is 4.39. The Labute approximate surface area is 190 Å². The van der Waals surface area contributed by atoms with Gasteiger partial charge in [-0.2, -0.15) is 0 Å². The maximum Gasteiger partial charge on any atom is 0.191 e. The predicted molar refractivity (Wildman–Crippen MR) is 126 cm³/mol. The van der Waals surface area contributed by atoms with Gasteiger partial charge in [-0.25, -0.2) is 0 Å². The number of ether oxygens (including phenoxy) is 2. The zero-order valence-electron chi connectivity index (χ0n) is 16.8. The third-order valence-corrected chi connectivity index (χ3v) is 5.29. The van der Waals surface area contributed by atoms with Gasteiger partial charge in [0, 0.05) is 39.1 Å². The summed E-state index contributed by atoms with van der Waals surface area (Å²) in [7, 11) is 1.81. The number of nitrogens with one attached hydrogen (secondary N) is 2. The van der Waals surface area contributed by atoms with Crippen LogP contribution < -0.4 is 20.1 Å². The molecule has 0 unspecified atom stereocenters. The predicted octanol–water partition coefficient (Wildman–Crippen LogP) is 3.66. The molecule has 0 bridgehead atoms. The molecular weight excluding hydrogens is 491 g/mol. The van der Waals surface area contributed by atoms with E-state index >= 15 is 0 Å². The quantitative estimate of drug-likeness (QED) is 0.351. The number of halogens is 2. The Balaban J connectivity index is 0.00000280. The first-order valence-corrected chi connectivity index (χ1v) is 10.3. The minimum atomic E-state index is 0. The highest BCUT2D eigenvalue weighted by Crippen LogP contribution is 2.37. The molecule has 2 heterocycles. The second-order valence-corrected chi connectivity index (χ2v) is 7.55.